The zero-order valence-electron chi connectivity index (χ0n) is 17.5. The molecule has 1 heterocycles. The Morgan fingerprint density at radius 3 is 2.48 bits per heavy atom. The van der Waals surface area contributed by atoms with E-state index in [-0.39, 0.29) is 12.2 Å². The highest BCUT2D eigenvalue weighted by Crippen LogP contribution is 2.29. The Balaban J connectivity index is 1.68. The number of barbiturate groups is 1. The first-order valence-electron chi connectivity index (χ1n) is 9.97. The van der Waals surface area contributed by atoms with Gasteiger partial charge in [-0.2, -0.15) is 0 Å². The summed E-state index contributed by atoms with van der Waals surface area (Å²) >= 11 is 9.62. The summed E-state index contributed by atoms with van der Waals surface area (Å²) in [6.07, 6.45) is 1.41. The lowest BCUT2D eigenvalue weighted by Crippen LogP contribution is -2.54. The zero-order valence-corrected chi connectivity index (χ0v) is 19.8. The number of hydrogen-bond donors (Lipinski definition) is 1. The molecule has 1 N–H and O–H groups in total. The fourth-order valence-corrected chi connectivity index (χ4v) is 3.84. The number of nitrogens with one attached hydrogen (secondary N) is 1. The monoisotopic (exact) mass is 524 g/mol. The molecular formula is C25H18BrClN2O4. The van der Waals surface area contributed by atoms with Crippen molar-refractivity contribution in [3.05, 3.63) is 98.5 Å². The minimum atomic E-state index is -0.796. The minimum Gasteiger partial charge on any atom is -0.488 e. The Kier molecular flexibility index (Phi) is 6.62. The third-order valence-corrected chi connectivity index (χ3v) is 5.87. The Labute approximate surface area is 203 Å². The molecule has 0 bridgehead atoms. The molecule has 1 saturated heterocycles. The molecule has 1 aliphatic heterocycles. The third kappa shape index (κ3) is 4.99. The van der Waals surface area contributed by atoms with Crippen molar-refractivity contribution in [3.8, 4) is 5.75 Å². The van der Waals surface area contributed by atoms with Gasteiger partial charge in [0.05, 0.1) is 5.69 Å². The maximum atomic E-state index is 13.2. The van der Waals surface area contributed by atoms with E-state index in [1.54, 1.807) is 48.5 Å². The van der Waals surface area contributed by atoms with E-state index < -0.39 is 17.8 Å². The standard InChI is InChI=1S/C25H18BrClN2O4/c1-15-6-9-19(10-7-15)29-24(31)20(23(30)28-25(29)32)13-17-12-18(26)8-11-22(17)33-14-16-4-2-3-5-21(16)27/h2-13H,14H2,1H3,(H,28,30,32)/b20-13+. The maximum absolute atomic E-state index is 13.2. The van der Waals surface area contributed by atoms with Crippen molar-refractivity contribution in [2.45, 2.75) is 13.5 Å². The number of aryl methyl sites for hydroxylation is 1. The van der Waals surface area contributed by atoms with E-state index in [1.807, 2.05) is 25.1 Å². The molecule has 0 radical (unpaired) electrons. The number of ether oxygens (including phenoxy) is 1. The molecule has 4 rings (SSSR count). The second-order valence-electron chi connectivity index (χ2n) is 7.36. The van der Waals surface area contributed by atoms with Crippen LogP contribution in [-0.4, -0.2) is 17.8 Å². The number of carbonyl (C=O) groups is 3. The highest BCUT2D eigenvalue weighted by molar-refractivity contribution is 9.10. The fourth-order valence-electron chi connectivity index (χ4n) is 3.28. The van der Waals surface area contributed by atoms with Crippen LogP contribution >= 0.6 is 27.5 Å². The number of urea groups is 1. The highest BCUT2D eigenvalue weighted by Gasteiger charge is 2.37. The van der Waals surface area contributed by atoms with Crippen LogP contribution in [0.1, 0.15) is 16.7 Å². The molecule has 6 nitrogen and oxygen atoms in total. The van der Waals surface area contributed by atoms with Gasteiger partial charge >= 0.3 is 6.03 Å². The van der Waals surface area contributed by atoms with E-state index in [0.717, 1.165) is 20.5 Å². The number of nitrogens with zero attached hydrogens (tertiary/aromatic N) is 1. The first-order chi connectivity index (χ1) is 15.8. The summed E-state index contributed by atoms with van der Waals surface area (Å²) in [4.78, 5) is 39.1. The van der Waals surface area contributed by atoms with Gasteiger partial charge in [-0.15, -0.1) is 0 Å². The van der Waals surface area contributed by atoms with E-state index in [0.29, 0.717) is 22.0 Å². The van der Waals surface area contributed by atoms with Crippen LogP contribution in [0.2, 0.25) is 5.02 Å². The van der Waals surface area contributed by atoms with Gasteiger partial charge in [0.2, 0.25) is 0 Å². The first-order valence-corrected chi connectivity index (χ1v) is 11.1. The van der Waals surface area contributed by atoms with E-state index in [4.69, 9.17) is 16.3 Å². The van der Waals surface area contributed by atoms with Crippen LogP contribution in [-0.2, 0) is 16.2 Å². The fraction of sp³-hybridized carbons (Fsp3) is 0.0800. The normalized spacial score (nSPS) is 15.1. The molecule has 0 spiro atoms. The number of carbonyl (C=O) groups excluding carboxylic acids is 3. The summed E-state index contributed by atoms with van der Waals surface area (Å²) in [7, 11) is 0. The number of benzene rings is 3. The summed E-state index contributed by atoms with van der Waals surface area (Å²) in [6, 6.07) is 18.6. The summed E-state index contributed by atoms with van der Waals surface area (Å²) in [5, 5.41) is 2.80. The van der Waals surface area contributed by atoms with Crippen LogP contribution < -0.4 is 15.0 Å². The van der Waals surface area contributed by atoms with Crippen molar-refractivity contribution >= 4 is 57.1 Å². The predicted molar refractivity (Wildman–Crippen MR) is 130 cm³/mol. The Hall–Kier alpha value is -3.42. The number of rotatable bonds is 5. The Bertz CT molecular complexity index is 1290. The molecule has 166 valence electrons. The lowest BCUT2D eigenvalue weighted by atomic mass is 10.1. The average molecular weight is 526 g/mol. The minimum absolute atomic E-state index is 0.184. The van der Waals surface area contributed by atoms with Crippen LogP contribution in [0.4, 0.5) is 10.5 Å². The van der Waals surface area contributed by atoms with Crippen molar-refractivity contribution < 1.29 is 19.1 Å². The van der Waals surface area contributed by atoms with E-state index in [1.165, 1.54) is 6.08 Å². The molecule has 0 atom stereocenters. The predicted octanol–water partition coefficient (Wildman–Crippen LogP) is 5.66. The van der Waals surface area contributed by atoms with Gasteiger partial charge in [-0.25, -0.2) is 9.69 Å². The molecule has 8 heteroatoms. The molecule has 0 aliphatic carbocycles. The first kappa shape index (κ1) is 22.8. The Morgan fingerprint density at radius 2 is 1.76 bits per heavy atom. The molecule has 1 fully saturated rings. The van der Waals surface area contributed by atoms with Crippen LogP contribution in [0.3, 0.4) is 0 Å². The summed E-state index contributed by atoms with van der Waals surface area (Å²) in [6.45, 7) is 2.10. The van der Waals surface area contributed by atoms with Crippen molar-refractivity contribution in [1.82, 2.24) is 5.32 Å². The highest BCUT2D eigenvalue weighted by atomic mass is 79.9. The quantitative estimate of drug-likeness (QED) is 0.345. The number of imide groups is 2. The van der Waals surface area contributed by atoms with Gasteiger partial charge in [0.15, 0.2) is 0 Å². The summed E-state index contributed by atoms with van der Waals surface area (Å²) in [5.41, 5.74) is 2.45. The van der Waals surface area contributed by atoms with Gasteiger partial charge in [0, 0.05) is 20.6 Å². The van der Waals surface area contributed by atoms with Gasteiger partial charge in [-0.3, -0.25) is 14.9 Å². The maximum Gasteiger partial charge on any atom is 0.335 e. The topological polar surface area (TPSA) is 75.7 Å². The smallest absolute Gasteiger partial charge is 0.335 e. The second-order valence-corrected chi connectivity index (χ2v) is 8.68. The molecule has 0 aromatic heterocycles. The SMILES string of the molecule is Cc1ccc(N2C(=O)NC(=O)/C(=C\c3cc(Br)ccc3OCc3ccccc3Cl)C2=O)cc1. The second kappa shape index (κ2) is 9.60. The van der Waals surface area contributed by atoms with Gasteiger partial charge in [-0.05, 0) is 49.4 Å². The number of amides is 4. The van der Waals surface area contributed by atoms with Gasteiger partial charge < -0.3 is 4.74 Å². The van der Waals surface area contributed by atoms with Crippen molar-refractivity contribution in [2.75, 3.05) is 4.90 Å². The summed E-state index contributed by atoms with van der Waals surface area (Å²) < 4.78 is 6.67. The molecule has 0 unspecified atom stereocenters. The van der Waals surface area contributed by atoms with Crippen molar-refractivity contribution in [1.29, 1.82) is 0 Å². The molecule has 0 saturated carbocycles. The zero-order chi connectivity index (χ0) is 23.5. The Morgan fingerprint density at radius 1 is 1.03 bits per heavy atom. The molecule has 1 aliphatic rings. The number of halogens is 2. The molecule has 33 heavy (non-hydrogen) atoms. The van der Waals surface area contributed by atoms with E-state index in [2.05, 4.69) is 21.2 Å². The van der Waals surface area contributed by atoms with E-state index >= 15 is 0 Å². The van der Waals surface area contributed by atoms with Crippen LogP contribution in [0.25, 0.3) is 6.08 Å². The average Bonchev–Trinajstić information content (AvgIpc) is 2.78. The molecule has 4 amide bonds. The van der Waals surface area contributed by atoms with Crippen LogP contribution in [0.15, 0.2) is 76.8 Å². The lowest BCUT2D eigenvalue weighted by Gasteiger charge is -2.26. The largest absolute Gasteiger partial charge is 0.488 e. The third-order valence-electron chi connectivity index (χ3n) is 5.01. The molecule has 3 aromatic rings. The lowest BCUT2D eigenvalue weighted by molar-refractivity contribution is -0.122. The summed E-state index contributed by atoms with van der Waals surface area (Å²) in [5.74, 6) is -1.04. The van der Waals surface area contributed by atoms with Crippen LogP contribution in [0.5, 0.6) is 5.75 Å². The number of anilines is 1. The van der Waals surface area contributed by atoms with E-state index in [9.17, 15) is 14.4 Å². The van der Waals surface area contributed by atoms with Gasteiger partial charge in [0.25, 0.3) is 11.8 Å². The number of hydrogen-bond acceptors (Lipinski definition) is 4. The van der Waals surface area contributed by atoms with Crippen molar-refractivity contribution in [3.63, 3.8) is 0 Å². The molecular weight excluding hydrogens is 508 g/mol. The van der Waals surface area contributed by atoms with Crippen LogP contribution in [0, 0.1) is 6.92 Å². The molecule has 3 aromatic carbocycles. The van der Waals surface area contributed by atoms with Gasteiger partial charge in [0.1, 0.15) is 17.9 Å². The van der Waals surface area contributed by atoms with Crippen molar-refractivity contribution in [2.24, 2.45) is 0 Å². The van der Waals surface area contributed by atoms with Gasteiger partial charge in [-0.1, -0.05) is 63.4 Å².